The summed E-state index contributed by atoms with van der Waals surface area (Å²) in [6.07, 6.45) is 5.00. The summed E-state index contributed by atoms with van der Waals surface area (Å²) in [7, 11) is 0. The molecule has 0 aliphatic carbocycles. The molecule has 0 rings (SSSR count). The summed E-state index contributed by atoms with van der Waals surface area (Å²) in [6, 6.07) is 0. The lowest BCUT2D eigenvalue weighted by Crippen LogP contribution is -2.25. The van der Waals surface area contributed by atoms with Crippen LogP contribution in [0.2, 0.25) is 0 Å². The maximum atomic E-state index is 11.5. The summed E-state index contributed by atoms with van der Waals surface area (Å²) in [4.78, 5) is 11.5. The Morgan fingerprint density at radius 3 is 2.10 bits per heavy atom. The minimum Gasteiger partial charge on any atom is -0.379 e. The number of hydrogen-bond acceptors (Lipinski definition) is 3. The van der Waals surface area contributed by atoms with Crippen LogP contribution in [-0.2, 0) is 14.3 Å². The van der Waals surface area contributed by atoms with E-state index in [1.54, 1.807) is 0 Å². The van der Waals surface area contributed by atoms with Crippen molar-refractivity contribution < 1.29 is 14.3 Å². The molecule has 4 heteroatoms. The Labute approximate surface area is 131 Å². The Kier molecular flexibility index (Phi) is 13.9. The molecule has 0 heterocycles. The molecule has 0 saturated carbocycles. The number of hydrogen-bond donors (Lipinski definition) is 1. The molecule has 0 atom stereocenters. The third-order valence-corrected chi connectivity index (χ3v) is 3.22. The second-order valence-corrected chi connectivity index (χ2v) is 6.40. The molecule has 0 fully saturated rings. The van der Waals surface area contributed by atoms with Crippen molar-refractivity contribution >= 4 is 5.91 Å². The molecule has 0 aromatic heterocycles. The Morgan fingerprint density at radius 1 is 0.857 bits per heavy atom. The second kappa shape index (κ2) is 14.3. The van der Waals surface area contributed by atoms with Crippen LogP contribution in [0, 0.1) is 11.8 Å². The quantitative estimate of drug-likeness (QED) is 0.500. The van der Waals surface area contributed by atoms with Gasteiger partial charge in [-0.2, -0.15) is 0 Å². The van der Waals surface area contributed by atoms with Gasteiger partial charge in [0.15, 0.2) is 0 Å². The molecular weight excluding hydrogens is 266 g/mol. The molecule has 0 aliphatic heterocycles. The van der Waals surface area contributed by atoms with E-state index < -0.39 is 0 Å². The lowest BCUT2D eigenvalue weighted by molar-refractivity contribution is -0.122. The number of carbonyl (C=O) groups excluding carboxylic acids is 1. The number of carbonyl (C=O) groups is 1. The molecule has 0 aliphatic rings. The SMILES string of the molecule is CC(C)CCCCNC(=O)CCOCCOCCC(C)C. The number of ether oxygens (including phenoxy) is 2. The van der Waals surface area contributed by atoms with E-state index in [0.717, 1.165) is 31.9 Å². The van der Waals surface area contributed by atoms with Gasteiger partial charge in [0.25, 0.3) is 0 Å². The van der Waals surface area contributed by atoms with Crippen LogP contribution in [0.5, 0.6) is 0 Å². The summed E-state index contributed by atoms with van der Waals surface area (Å²) in [5.41, 5.74) is 0. The molecule has 4 nitrogen and oxygen atoms in total. The molecule has 0 aromatic carbocycles. The first kappa shape index (κ1) is 20.4. The molecule has 0 radical (unpaired) electrons. The van der Waals surface area contributed by atoms with Crippen LogP contribution in [0.1, 0.15) is 59.8 Å². The third kappa shape index (κ3) is 17.3. The molecule has 1 N–H and O–H groups in total. The van der Waals surface area contributed by atoms with Crippen LogP contribution in [0.4, 0.5) is 0 Å². The normalized spacial score (nSPS) is 11.3. The van der Waals surface area contributed by atoms with Crippen molar-refractivity contribution in [3.8, 4) is 0 Å². The van der Waals surface area contributed by atoms with Gasteiger partial charge in [-0.1, -0.05) is 40.5 Å². The van der Waals surface area contributed by atoms with Crippen molar-refractivity contribution in [2.75, 3.05) is 33.0 Å². The smallest absolute Gasteiger partial charge is 0.222 e. The van der Waals surface area contributed by atoms with Crippen molar-refractivity contribution in [2.24, 2.45) is 11.8 Å². The summed E-state index contributed by atoms with van der Waals surface area (Å²) in [5, 5.41) is 2.93. The average molecular weight is 301 g/mol. The highest BCUT2D eigenvalue weighted by molar-refractivity contribution is 5.75. The highest BCUT2D eigenvalue weighted by atomic mass is 16.5. The Bertz CT molecular complexity index is 242. The number of unbranched alkanes of at least 4 members (excludes halogenated alkanes) is 1. The van der Waals surface area contributed by atoms with E-state index >= 15 is 0 Å². The molecule has 126 valence electrons. The van der Waals surface area contributed by atoms with Crippen molar-refractivity contribution in [3.63, 3.8) is 0 Å². The van der Waals surface area contributed by atoms with Gasteiger partial charge in [0, 0.05) is 19.6 Å². The predicted molar refractivity (Wildman–Crippen MR) is 87.4 cm³/mol. The third-order valence-electron chi connectivity index (χ3n) is 3.22. The maximum absolute atomic E-state index is 11.5. The first-order chi connectivity index (χ1) is 10.0. The first-order valence-electron chi connectivity index (χ1n) is 8.44. The van der Waals surface area contributed by atoms with Crippen LogP contribution in [-0.4, -0.2) is 38.9 Å². The Balaban J connectivity index is 3.19. The van der Waals surface area contributed by atoms with Crippen molar-refractivity contribution in [2.45, 2.75) is 59.8 Å². The fraction of sp³-hybridized carbons (Fsp3) is 0.941. The number of nitrogens with one attached hydrogen (secondary N) is 1. The molecule has 0 unspecified atom stereocenters. The Morgan fingerprint density at radius 2 is 1.48 bits per heavy atom. The van der Waals surface area contributed by atoms with Gasteiger partial charge in [-0.25, -0.2) is 0 Å². The highest BCUT2D eigenvalue weighted by Crippen LogP contribution is 2.05. The van der Waals surface area contributed by atoms with Crippen LogP contribution >= 0.6 is 0 Å². The number of amides is 1. The largest absolute Gasteiger partial charge is 0.379 e. The monoisotopic (exact) mass is 301 g/mol. The fourth-order valence-corrected chi connectivity index (χ4v) is 1.80. The van der Waals surface area contributed by atoms with E-state index in [4.69, 9.17) is 9.47 Å². The van der Waals surface area contributed by atoms with E-state index in [1.165, 1.54) is 12.8 Å². The molecule has 0 aromatic rings. The van der Waals surface area contributed by atoms with Crippen molar-refractivity contribution in [1.82, 2.24) is 5.32 Å². The molecule has 0 saturated heterocycles. The minimum atomic E-state index is 0.0836. The fourth-order valence-electron chi connectivity index (χ4n) is 1.80. The van der Waals surface area contributed by atoms with E-state index in [1.807, 2.05) is 0 Å². The van der Waals surface area contributed by atoms with E-state index in [0.29, 0.717) is 32.2 Å². The van der Waals surface area contributed by atoms with Gasteiger partial charge < -0.3 is 14.8 Å². The summed E-state index contributed by atoms with van der Waals surface area (Å²) in [5.74, 6) is 1.51. The molecule has 0 bridgehead atoms. The van der Waals surface area contributed by atoms with Gasteiger partial charge >= 0.3 is 0 Å². The van der Waals surface area contributed by atoms with Crippen molar-refractivity contribution in [3.05, 3.63) is 0 Å². The minimum absolute atomic E-state index is 0.0836. The topological polar surface area (TPSA) is 47.6 Å². The molecule has 21 heavy (non-hydrogen) atoms. The lowest BCUT2D eigenvalue weighted by Gasteiger charge is -2.08. The first-order valence-corrected chi connectivity index (χ1v) is 8.44. The van der Waals surface area contributed by atoms with Gasteiger partial charge in [-0.3, -0.25) is 4.79 Å². The van der Waals surface area contributed by atoms with Gasteiger partial charge in [-0.15, -0.1) is 0 Å². The van der Waals surface area contributed by atoms with Crippen LogP contribution < -0.4 is 5.32 Å². The van der Waals surface area contributed by atoms with E-state index in [-0.39, 0.29) is 5.91 Å². The zero-order chi connectivity index (χ0) is 15.9. The van der Waals surface area contributed by atoms with Crippen LogP contribution in [0.15, 0.2) is 0 Å². The maximum Gasteiger partial charge on any atom is 0.222 e. The summed E-state index contributed by atoms with van der Waals surface area (Å²) < 4.78 is 10.8. The summed E-state index contributed by atoms with van der Waals surface area (Å²) >= 11 is 0. The van der Waals surface area contributed by atoms with Gasteiger partial charge in [0.1, 0.15) is 0 Å². The average Bonchev–Trinajstić information content (AvgIpc) is 2.40. The molecule has 1 amide bonds. The van der Waals surface area contributed by atoms with Gasteiger partial charge in [-0.05, 0) is 24.7 Å². The van der Waals surface area contributed by atoms with Crippen LogP contribution in [0.3, 0.4) is 0 Å². The highest BCUT2D eigenvalue weighted by Gasteiger charge is 2.01. The molecule has 0 spiro atoms. The van der Waals surface area contributed by atoms with Gasteiger partial charge in [0.05, 0.1) is 19.8 Å². The van der Waals surface area contributed by atoms with Gasteiger partial charge in [0.2, 0.25) is 5.91 Å². The predicted octanol–water partition coefficient (Wildman–Crippen LogP) is 3.40. The van der Waals surface area contributed by atoms with E-state index in [9.17, 15) is 4.79 Å². The zero-order valence-electron chi connectivity index (χ0n) is 14.5. The zero-order valence-corrected chi connectivity index (χ0v) is 14.5. The van der Waals surface area contributed by atoms with Crippen LogP contribution in [0.25, 0.3) is 0 Å². The summed E-state index contributed by atoms with van der Waals surface area (Å²) in [6.45, 7) is 12.0. The second-order valence-electron chi connectivity index (χ2n) is 6.40. The lowest BCUT2D eigenvalue weighted by atomic mass is 10.1. The standard InChI is InChI=1S/C17H35NO3/c1-15(2)7-5-6-10-18-17(19)9-12-21-14-13-20-11-8-16(3)4/h15-16H,5-14H2,1-4H3,(H,18,19). The van der Waals surface area contributed by atoms with Crippen molar-refractivity contribution in [1.29, 1.82) is 0 Å². The van der Waals surface area contributed by atoms with E-state index in [2.05, 4.69) is 33.0 Å². The number of rotatable bonds is 14. The molecular formula is C17H35NO3. The Hall–Kier alpha value is -0.610.